The summed E-state index contributed by atoms with van der Waals surface area (Å²) < 4.78 is 0. The predicted octanol–water partition coefficient (Wildman–Crippen LogP) is 4.10. The number of hydrogen-bond acceptors (Lipinski definition) is 4. The number of hydrogen-bond donors (Lipinski definition) is 2. The van der Waals surface area contributed by atoms with Crippen LogP contribution in [0.15, 0.2) is 6.33 Å². The van der Waals surface area contributed by atoms with Gasteiger partial charge in [0, 0.05) is 18.2 Å². The molecule has 0 amide bonds. The van der Waals surface area contributed by atoms with E-state index in [0.29, 0.717) is 6.04 Å². The van der Waals surface area contributed by atoms with Crippen LogP contribution >= 0.6 is 0 Å². The fraction of sp³-hybridized carbons (Fsp3) is 0.765. The van der Waals surface area contributed by atoms with Crippen LogP contribution in [0.2, 0.25) is 0 Å². The van der Waals surface area contributed by atoms with E-state index in [0.717, 1.165) is 42.9 Å². The monoisotopic (exact) mass is 290 g/mol. The topological polar surface area (TPSA) is 49.8 Å². The normalized spacial score (nSPS) is 25.6. The van der Waals surface area contributed by atoms with E-state index in [1.54, 1.807) is 6.33 Å². The number of nitrogens with one attached hydrogen (secondary N) is 2. The standard InChI is InChI=1S/C17H30N4/c1-5-9-18-16-15(6-2)17(20-11-19-16)21-14-8-7-12(3)13(4)10-14/h11-14H,5-10H2,1-4H3,(H2,18,19,20,21). The molecule has 2 rings (SSSR count). The summed E-state index contributed by atoms with van der Waals surface area (Å²) in [6.45, 7) is 10.0. The second-order valence-corrected chi connectivity index (χ2v) is 6.44. The summed E-state index contributed by atoms with van der Waals surface area (Å²) in [7, 11) is 0. The Balaban J connectivity index is 2.08. The molecule has 0 radical (unpaired) electrons. The molecule has 4 nitrogen and oxygen atoms in total. The van der Waals surface area contributed by atoms with Crippen LogP contribution in [0.3, 0.4) is 0 Å². The summed E-state index contributed by atoms with van der Waals surface area (Å²) in [5, 5.41) is 7.09. The van der Waals surface area contributed by atoms with Gasteiger partial charge in [-0.2, -0.15) is 0 Å². The lowest BCUT2D eigenvalue weighted by Gasteiger charge is -2.33. The summed E-state index contributed by atoms with van der Waals surface area (Å²) in [4.78, 5) is 8.90. The van der Waals surface area contributed by atoms with Gasteiger partial charge in [0.1, 0.15) is 18.0 Å². The van der Waals surface area contributed by atoms with Gasteiger partial charge in [-0.1, -0.05) is 27.7 Å². The highest BCUT2D eigenvalue weighted by Gasteiger charge is 2.25. The first kappa shape index (κ1) is 16.1. The fourth-order valence-corrected chi connectivity index (χ4v) is 3.14. The minimum atomic E-state index is 0.551. The Hall–Kier alpha value is -1.32. The van der Waals surface area contributed by atoms with E-state index in [1.807, 2.05) is 0 Å². The minimum Gasteiger partial charge on any atom is -0.370 e. The third-order valence-electron chi connectivity index (χ3n) is 4.78. The van der Waals surface area contributed by atoms with E-state index >= 15 is 0 Å². The summed E-state index contributed by atoms with van der Waals surface area (Å²) >= 11 is 0. The van der Waals surface area contributed by atoms with Gasteiger partial charge in [-0.05, 0) is 43.9 Å². The third-order valence-corrected chi connectivity index (χ3v) is 4.78. The molecule has 1 fully saturated rings. The lowest BCUT2D eigenvalue weighted by molar-refractivity contribution is 0.260. The van der Waals surface area contributed by atoms with Crippen LogP contribution in [0.4, 0.5) is 11.6 Å². The van der Waals surface area contributed by atoms with Crippen LogP contribution in [0.25, 0.3) is 0 Å². The van der Waals surface area contributed by atoms with Crippen LogP contribution in [-0.2, 0) is 6.42 Å². The predicted molar refractivity (Wildman–Crippen MR) is 89.8 cm³/mol. The van der Waals surface area contributed by atoms with Crippen LogP contribution in [0.1, 0.15) is 58.9 Å². The van der Waals surface area contributed by atoms with Crippen molar-refractivity contribution in [1.29, 1.82) is 0 Å². The average molecular weight is 290 g/mol. The Labute approximate surface area is 129 Å². The molecule has 0 aromatic carbocycles. The van der Waals surface area contributed by atoms with Gasteiger partial charge in [0.05, 0.1) is 0 Å². The third kappa shape index (κ3) is 4.08. The summed E-state index contributed by atoms with van der Waals surface area (Å²) in [6.07, 6.45) is 7.53. The van der Waals surface area contributed by atoms with Crippen molar-refractivity contribution in [3.63, 3.8) is 0 Å². The Kier molecular flexibility index (Phi) is 5.83. The molecule has 0 spiro atoms. The zero-order chi connectivity index (χ0) is 15.2. The molecule has 1 heterocycles. The van der Waals surface area contributed by atoms with Crippen molar-refractivity contribution >= 4 is 11.6 Å². The number of anilines is 2. The van der Waals surface area contributed by atoms with Crippen molar-refractivity contribution < 1.29 is 0 Å². The summed E-state index contributed by atoms with van der Waals surface area (Å²) in [5.41, 5.74) is 1.22. The van der Waals surface area contributed by atoms with Gasteiger partial charge in [0.2, 0.25) is 0 Å². The fourth-order valence-electron chi connectivity index (χ4n) is 3.14. The molecule has 1 saturated carbocycles. The second-order valence-electron chi connectivity index (χ2n) is 6.44. The smallest absolute Gasteiger partial charge is 0.134 e. The lowest BCUT2D eigenvalue weighted by Crippen LogP contribution is -2.31. The maximum absolute atomic E-state index is 4.49. The highest BCUT2D eigenvalue weighted by molar-refractivity contribution is 5.57. The number of nitrogens with zero attached hydrogens (tertiary/aromatic N) is 2. The molecule has 0 aliphatic heterocycles. The first-order chi connectivity index (χ1) is 10.2. The Morgan fingerprint density at radius 2 is 1.86 bits per heavy atom. The van der Waals surface area contributed by atoms with Crippen LogP contribution in [-0.4, -0.2) is 22.6 Å². The molecule has 21 heavy (non-hydrogen) atoms. The molecular weight excluding hydrogens is 260 g/mol. The van der Waals surface area contributed by atoms with E-state index in [4.69, 9.17) is 0 Å². The van der Waals surface area contributed by atoms with Crippen molar-refractivity contribution in [3.8, 4) is 0 Å². The molecular formula is C17H30N4. The van der Waals surface area contributed by atoms with Gasteiger partial charge in [0.25, 0.3) is 0 Å². The Bertz CT molecular complexity index is 446. The molecule has 1 aromatic rings. The quantitative estimate of drug-likeness (QED) is 0.828. The molecule has 0 bridgehead atoms. The van der Waals surface area contributed by atoms with Crippen LogP contribution < -0.4 is 10.6 Å². The molecule has 1 aliphatic rings. The Morgan fingerprint density at radius 3 is 2.52 bits per heavy atom. The lowest BCUT2D eigenvalue weighted by atomic mass is 9.79. The molecule has 2 N–H and O–H groups in total. The highest BCUT2D eigenvalue weighted by atomic mass is 15.1. The SMILES string of the molecule is CCCNc1ncnc(NC2CCC(C)C(C)C2)c1CC. The van der Waals surface area contributed by atoms with Crippen molar-refractivity contribution in [1.82, 2.24) is 9.97 Å². The van der Waals surface area contributed by atoms with E-state index in [9.17, 15) is 0 Å². The van der Waals surface area contributed by atoms with Gasteiger partial charge < -0.3 is 10.6 Å². The summed E-state index contributed by atoms with van der Waals surface area (Å²) in [5.74, 6) is 3.66. The first-order valence-electron chi connectivity index (χ1n) is 8.49. The van der Waals surface area contributed by atoms with E-state index in [1.165, 1.54) is 24.8 Å². The van der Waals surface area contributed by atoms with Crippen molar-refractivity contribution in [3.05, 3.63) is 11.9 Å². The van der Waals surface area contributed by atoms with Gasteiger partial charge in [-0.3, -0.25) is 0 Å². The maximum Gasteiger partial charge on any atom is 0.134 e. The van der Waals surface area contributed by atoms with E-state index in [2.05, 4.69) is 48.3 Å². The van der Waals surface area contributed by atoms with Gasteiger partial charge in [-0.25, -0.2) is 9.97 Å². The molecule has 118 valence electrons. The number of aromatic nitrogens is 2. The molecule has 1 aliphatic carbocycles. The largest absolute Gasteiger partial charge is 0.370 e. The zero-order valence-corrected chi connectivity index (χ0v) is 13.9. The first-order valence-corrected chi connectivity index (χ1v) is 8.49. The van der Waals surface area contributed by atoms with E-state index in [-0.39, 0.29) is 0 Å². The molecule has 3 unspecified atom stereocenters. The van der Waals surface area contributed by atoms with Gasteiger partial charge in [0.15, 0.2) is 0 Å². The molecule has 4 heteroatoms. The van der Waals surface area contributed by atoms with E-state index < -0.39 is 0 Å². The van der Waals surface area contributed by atoms with Gasteiger partial charge >= 0.3 is 0 Å². The second kappa shape index (κ2) is 7.62. The van der Waals surface area contributed by atoms with Crippen LogP contribution in [0.5, 0.6) is 0 Å². The highest BCUT2D eigenvalue weighted by Crippen LogP contribution is 2.32. The maximum atomic E-state index is 4.49. The number of rotatable bonds is 6. The Morgan fingerprint density at radius 1 is 1.10 bits per heavy atom. The molecule has 0 saturated heterocycles. The zero-order valence-electron chi connectivity index (χ0n) is 13.9. The van der Waals surface area contributed by atoms with Gasteiger partial charge in [-0.15, -0.1) is 0 Å². The van der Waals surface area contributed by atoms with Crippen molar-refractivity contribution in [2.24, 2.45) is 11.8 Å². The van der Waals surface area contributed by atoms with Crippen molar-refractivity contribution in [2.45, 2.75) is 65.8 Å². The molecule has 1 aromatic heterocycles. The summed E-state index contributed by atoms with van der Waals surface area (Å²) in [6, 6.07) is 0.551. The minimum absolute atomic E-state index is 0.551. The molecule has 3 atom stereocenters. The van der Waals surface area contributed by atoms with Crippen LogP contribution in [0, 0.1) is 11.8 Å². The average Bonchev–Trinajstić information content (AvgIpc) is 2.49. The van der Waals surface area contributed by atoms with Crippen molar-refractivity contribution in [2.75, 3.05) is 17.2 Å².